The summed E-state index contributed by atoms with van der Waals surface area (Å²) in [6, 6.07) is 10.8. The maximum atomic E-state index is 13.7. The summed E-state index contributed by atoms with van der Waals surface area (Å²) >= 11 is 6.10. The van der Waals surface area contributed by atoms with E-state index in [4.69, 9.17) is 34.6 Å². The first-order chi connectivity index (χ1) is 18.8. The van der Waals surface area contributed by atoms with Crippen LogP contribution in [0.5, 0.6) is 23.0 Å². The molecule has 39 heavy (non-hydrogen) atoms. The van der Waals surface area contributed by atoms with Gasteiger partial charge in [0.05, 0.1) is 37.9 Å². The Hall–Kier alpha value is -4.76. The molecule has 3 heterocycles. The molecular formula is C29H19ClO9. The molecule has 0 spiro atoms. The van der Waals surface area contributed by atoms with Gasteiger partial charge in [-0.05, 0) is 35.9 Å². The first-order valence-electron chi connectivity index (χ1n) is 11.8. The highest BCUT2D eigenvalue weighted by Gasteiger charge is 2.35. The number of benzene rings is 3. The molecule has 0 unspecified atom stereocenters. The number of phenols is 1. The fraction of sp³-hybridized carbons (Fsp3) is 0.138. The average molecular weight is 547 g/mol. The molecular weight excluding hydrogens is 528 g/mol. The molecule has 6 rings (SSSR count). The van der Waals surface area contributed by atoms with Gasteiger partial charge in [-0.1, -0.05) is 17.7 Å². The summed E-state index contributed by atoms with van der Waals surface area (Å²) in [4.78, 5) is 39.7. The topological polar surface area (TPSA) is 125 Å². The van der Waals surface area contributed by atoms with Crippen molar-refractivity contribution in [3.8, 4) is 34.1 Å². The van der Waals surface area contributed by atoms with Crippen LogP contribution >= 0.6 is 11.6 Å². The van der Waals surface area contributed by atoms with Crippen molar-refractivity contribution >= 4 is 39.5 Å². The van der Waals surface area contributed by atoms with E-state index in [2.05, 4.69) is 0 Å². The van der Waals surface area contributed by atoms with Gasteiger partial charge < -0.3 is 28.2 Å². The monoisotopic (exact) mass is 546 g/mol. The number of esters is 1. The first kappa shape index (κ1) is 24.6. The molecule has 1 atom stereocenters. The summed E-state index contributed by atoms with van der Waals surface area (Å²) in [5, 5.41) is 11.3. The number of rotatable bonds is 4. The van der Waals surface area contributed by atoms with Gasteiger partial charge in [0, 0.05) is 28.1 Å². The number of ether oxygens (including phenoxy) is 3. The first-order valence-corrected chi connectivity index (χ1v) is 12.1. The molecule has 0 aliphatic carbocycles. The molecule has 2 aromatic heterocycles. The molecule has 0 amide bonds. The van der Waals surface area contributed by atoms with Gasteiger partial charge in [-0.2, -0.15) is 0 Å². The van der Waals surface area contributed by atoms with E-state index in [1.54, 1.807) is 30.3 Å². The summed E-state index contributed by atoms with van der Waals surface area (Å²) in [5.41, 5.74) is 0.439. The van der Waals surface area contributed by atoms with E-state index in [0.29, 0.717) is 27.7 Å². The van der Waals surface area contributed by atoms with Crippen LogP contribution in [0.15, 0.2) is 73.4 Å². The van der Waals surface area contributed by atoms with Crippen LogP contribution in [0.4, 0.5) is 0 Å². The number of methoxy groups -OCH3 is 2. The van der Waals surface area contributed by atoms with Gasteiger partial charge in [-0.3, -0.25) is 14.4 Å². The number of hydrogen-bond donors (Lipinski definition) is 1. The van der Waals surface area contributed by atoms with Gasteiger partial charge in [-0.25, -0.2) is 0 Å². The van der Waals surface area contributed by atoms with Crippen LogP contribution in [0.3, 0.4) is 0 Å². The Morgan fingerprint density at radius 2 is 1.72 bits per heavy atom. The number of fused-ring (bicyclic) bond motifs is 4. The van der Waals surface area contributed by atoms with Crippen molar-refractivity contribution < 1.29 is 32.9 Å². The highest BCUT2D eigenvalue weighted by Crippen LogP contribution is 2.45. The Morgan fingerprint density at radius 1 is 0.923 bits per heavy atom. The van der Waals surface area contributed by atoms with Crippen LogP contribution in [0.1, 0.15) is 23.5 Å². The Morgan fingerprint density at radius 3 is 2.49 bits per heavy atom. The SMILES string of the molecule is COc1ccc(-c2coc3c4c(cc(O)c3c2=O)OC(=O)C[C@@H]4c2coc3ccc(Cl)cc3c2=O)cc1OC. The number of carbonyl (C=O) groups is 1. The predicted molar refractivity (Wildman–Crippen MR) is 142 cm³/mol. The zero-order valence-electron chi connectivity index (χ0n) is 20.6. The lowest BCUT2D eigenvalue weighted by Gasteiger charge is -2.25. The van der Waals surface area contributed by atoms with Crippen LogP contribution in [-0.4, -0.2) is 25.3 Å². The molecule has 3 aromatic carbocycles. The third-order valence-corrected chi connectivity index (χ3v) is 7.04. The van der Waals surface area contributed by atoms with Gasteiger partial charge >= 0.3 is 5.97 Å². The Kier molecular flexibility index (Phi) is 5.80. The lowest BCUT2D eigenvalue weighted by molar-refractivity contribution is -0.135. The van der Waals surface area contributed by atoms with Crippen LogP contribution in [0.25, 0.3) is 33.1 Å². The van der Waals surface area contributed by atoms with E-state index in [1.807, 2.05) is 0 Å². The molecule has 9 nitrogen and oxygen atoms in total. The predicted octanol–water partition coefficient (Wildman–Crippen LogP) is 5.38. The molecule has 10 heteroatoms. The molecule has 1 aliphatic rings. The fourth-order valence-electron chi connectivity index (χ4n) is 4.96. The fourth-order valence-corrected chi connectivity index (χ4v) is 5.13. The summed E-state index contributed by atoms with van der Waals surface area (Å²) < 4.78 is 27.6. The van der Waals surface area contributed by atoms with E-state index < -0.39 is 28.5 Å². The van der Waals surface area contributed by atoms with Crippen molar-refractivity contribution in [3.63, 3.8) is 0 Å². The van der Waals surface area contributed by atoms with Crippen molar-refractivity contribution in [1.82, 2.24) is 0 Å². The number of hydrogen-bond acceptors (Lipinski definition) is 9. The summed E-state index contributed by atoms with van der Waals surface area (Å²) in [6.07, 6.45) is 2.31. The van der Waals surface area contributed by atoms with Crippen LogP contribution in [0, 0.1) is 0 Å². The number of aromatic hydroxyl groups is 1. The highest BCUT2D eigenvalue weighted by atomic mass is 35.5. The van der Waals surface area contributed by atoms with Crippen molar-refractivity contribution in [3.05, 3.63) is 91.6 Å². The van der Waals surface area contributed by atoms with E-state index >= 15 is 0 Å². The average Bonchev–Trinajstić information content (AvgIpc) is 2.92. The molecule has 0 fully saturated rings. The lowest BCUT2D eigenvalue weighted by atomic mass is 9.85. The maximum Gasteiger partial charge on any atom is 0.312 e. The highest BCUT2D eigenvalue weighted by molar-refractivity contribution is 6.31. The van der Waals surface area contributed by atoms with E-state index in [-0.39, 0.29) is 45.2 Å². The maximum absolute atomic E-state index is 13.7. The minimum atomic E-state index is -0.876. The lowest BCUT2D eigenvalue weighted by Crippen LogP contribution is -2.25. The van der Waals surface area contributed by atoms with Crippen molar-refractivity contribution in [2.24, 2.45) is 0 Å². The van der Waals surface area contributed by atoms with Gasteiger partial charge in [-0.15, -0.1) is 0 Å². The largest absolute Gasteiger partial charge is 0.507 e. The molecule has 196 valence electrons. The van der Waals surface area contributed by atoms with E-state index in [1.165, 1.54) is 38.9 Å². The zero-order valence-corrected chi connectivity index (χ0v) is 21.3. The Labute approximate surface area is 224 Å². The van der Waals surface area contributed by atoms with Gasteiger partial charge in [0.2, 0.25) is 5.43 Å². The smallest absolute Gasteiger partial charge is 0.312 e. The summed E-state index contributed by atoms with van der Waals surface area (Å²) in [6.45, 7) is 0. The molecule has 0 bridgehead atoms. The van der Waals surface area contributed by atoms with Crippen LogP contribution in [-0.2, 0) is 4.79 Å². The normalized spacial score (nSPS) is 14.7. The molecule has 0 radical (unpaired) electrons. The molecule has 5 aromatic rings. The minimum Gasteiger partial charge on any atom is -0.507 e. The van der Waals surface area contributed by atoms with Crippen LogP contribution < -0.4 is 25.1 Å². The van der Waals surface area contributed by atoms with Crippen molar-refractivity contribution in [1.29, 1.82) is 0 Å². The van der Waals surface area contributed by atoms with Crippen molar-refractivity contribution in [2.45, 2.75) is 12.3 Å². The standard InChI is InChI=1S/C29H19ClO9/c1-35-21-5-3-13(7-22(21)36-2)17-11-38-29-25-15(9-24(32)39-23(25)10-19(31)26(29)28(17)34)18-12-37-20-6-4-14(30)8-16(20)27(18)33/h3-8,10-12,15,31H,9H2,1-2H3/t15-/m1/s1. The second kappa shape index (κ2) is 9.21. The van der Waals surface area contributed by atoms with Gasteiger partial charge in [0.25, 0.3) is 0 Å². The summed E-state index contributed by atoms with van der Waals surface area (Å²) in [5.74, 6) is -1.08. The third kappa shape index (κ3) is 3.90. The van der Waals surface area contributed by atoms with Crippen molar-refractivity contribution in [2.75, 3.05) is 14.2 Å². The third-order valence-electron chi connectivity index (χ3n) is 6.80. The Balaban J connectivity index is 1.59. The number of carbonyl (C=O) groups excluding carboxylic acids is 1. The summed E-state index contributed by atoms with van der Waals surface area (Å²) in [7, 11) is 2.97. The Bertz CT molecular complexity index is 1940. The molecule has 0 saturated heterocycles. The quantitative estimate of drug-likeness (QED) is 0.233. The molecule has 0 saturated carbocycles. The number of phenolic OH excluding ortho intramolecular Hbond substituents is 1. The minimum absolute atomic E-state index is 0.0117. The van der Waals surface area contributed by atoms with E-state index in [0.717, 1.165) is 0 Å². The zero-order chi connectivity index (χ0) is 27.4. The van der Waals surface area contributed by atoms with E-state index in [9.17, 15) is 19.5 Å². The second-order valence-electron chi connectivity index (χ2n) is 8.95. The van der Waals surface area contributed by atoms with Crippen LogP contribution in [0.2, 0.25) is 5.02 Å². The van der Waals surface area contributed by atoms with Gasteiger partial charge in [0.15, 0.2) is 16.9 Å². The second-order valence-corrected chi connectivity index (χ2v) is 9.39. The van der Waals surface area contributed by atoms with Gasteiger partial charge in [0.1, 0.15) is 34.3 Å². The number of halogens is 1. The molecule has 1 aliphatic heterocycles. The molecule has 1 N–H and O–H groups in total.